The van der Waals surface area contributed by atoms with Gasteiger partial charge < -0.3 is 10.3 Å². The molecule has 0 bridgehead atoms. The molecule has 39 heavy (non-hydrogen) atoms. The van der Waals surface area contributed by atoms with Gasteiger partial charge in [-0.25, -0.2) is 5.48 Å². The van der Waals surface area contributed by atoms with E-state index in [1.54, 1.807) is 5.48 Å². The fourth-order valence-corrected chi connectivity index (χ4v) is 6.67. The van der Waals surface area contributed by atoms with Gasteiger partial charge in [0.05, 0.1) is 0 Å². The largest absolute Gasteiger partial charge is 0.340 e. The molecule has 0 spiro atoms. The monoisotopic (exact) mass is 561 g/mol. The lowest BCUT2D eigenvalue weighted by Crippen LogP contribution is -2.39. The van der Waals surface area contributed by atoms with Crippen molar-refractivity contribution < 1.29 is 14.8 Å². The van der Waals surface area contributed by atoms with Crippen LogP contribution in [0, 0.1) is 5.92 Å². The minimum absolute atomic E-state index is 0. The summed E-state index contributed by atoms with van der Waals surface area (Å²) in [5.41, 5.74) is 12.2. The van der Waals surface area contributed by atoms with Crippen LogP contribution < -0.4 is 11.2 Å². The average molecular weight is 562 g/mol. The number of aryl methyl sites for hydroxylation is 1. The van der Waals surface area contributed by atoms with Crippen molar-refractivity contribution >= 4 is 46.8 Å². The van der Waals surface area contributed by atoms with Gasteiger partial charge in [-0.2, -0.15) is 0 Å². The maximum Gasteiger partial charge on any atom is 0.244 e. The zero-order valence-corrected chi connectivity index (χ0v) is 23.1. The molecular formula is C31H32ClN3O3S. The van der Waals surface area contributed by atoms with Crippen LogP contribution >= 0.6 is 24.2 Å². The second kappa shape index (κ2) is 12.7. The Morgan fingerprint density at radius 3 is 2.38 bits per heavy atom. The standard InChI is InChI=1S/C31H31N3O3S.ClH/c32-16-7-8-17-34-27(22-9-3-1-4-10-22)19-23-13-14-24(20-28(23)34)30(36)31(25-11-5-2-6-12-25)26(15-18-38-31)21-29(35)33-37;/h1-6,9-15,18-20,26,37H,7-8,16-17,21,32H2,(H,33,35);1H. The van der Waals surface area contributed by atoms with E-state index >= 15 is 0 Å². The Bertz CT molecular complexity index is 1470. The molecule has 4 aromatic rings. The summed E-state index contributed by atoms with van der Waals surface area (Å²) in [5.74, 6) is -0.999. The molecule has 0 fully saturated rings. The summed E-state index contributed by atoms with van der Waals surface area (Å²) in [5, 5.41) is 12.2. The van der Waals surface area contributed by atoms with E-state index in [0.29, 0.717) is 12.1 Å². The van der Waals surface area contributed by atoms with Gasteiger partial charge in [0.15, 0.2) is 5.78 Å². The predicted octanol–water partition coefficient (Wildman–Crippen LogP) is 6.32. The molecule has 4 N–H and O–H groups in total. The van der Waals surface area contributed by atoms with Crippen molar-refractivity contribution in [1.29, 1.82) is 0 Å². The molecule has 0 radical (unpaired) electrons. The van der Waals surface area contributed by atoms with Crippen molar-refractivity contribution in [2.45, 2.75) is 30.6 Å². The van der Waals surface area contributed by atoms with Gasteiger partial charge in [0.2, 0.25) is 5.91 Å². The minimum atomic E-state index is -1.01. The van der Waals surface area contributed by atoms with E-state index in [1.165, 1.54) is 11.8 Å². The number of carbonyl (C=O) groups is 2. The number of benzene rings is 3. The molecule has 1 aliphatic rings. The zero-order chi connectivity index (χ0) is 26.5. The number of halogens is 1. The number of hydroxylamine groups is 1. The SMILES string of the molecule is Cl.NCCCCn1c(-c2ccccc2)cc2ccc(C(=O)C3(c4ccccc4)SC=CC3CC(=O)NO)cc21. The molecule has 0 saturated carbocycles. The van der Waals surface area contributed by atoms with Crippen LogP contribution in [0.25, 0.3) is 22.2 Å². The molecule has 2 heterocycles. The highest BCUT2D eigenvalue weighted by molar-refractivity contribution is 8.04. The first kappa shape index (κ1) is 28.6. The smallest absolute Gasteiger partial charge is 0.244 e. The fraction of sp³-hybridized carbons (Fsp3) is 0.226. The fourth-order valence-electron chi connectivity index (χ4n) is 5.36. The van der Waals surface area contributed by atoms with Crippen LogP contribution in [0.5, 0.6) is 0 Å². The molecule has 3 aromatic carbocycles. The molecule has 1 aliphatic heterocycles. The molecule has 2 unspecified atom stereocenters. The van der Waals surface area contributed by atoms with Crippen LogP contribution in [0.4, 0.5) is 0 Å². The molecular weight excluding hydrogens is 530 g/mol. The number of thioether (sulfide) groups is 1. The highest BCUT2D eigenvalue weighted by atomic mass is 35.5. The predicted molar refractivity (Wildman–Crippen MR) is 160 cm³/mol. The Kier molecular flexibility index (Phi) is 9.30. The first-order valence-electron chi connectivity index (χ1n) is 12.8. The maximum atomic E-state index is 14.5. The van der Waals surface area contributed by atoms with Gasteiger partial charge in [0.25, 0.3) is 0 Å². The Morgan fingerprint density at radius 2 is 1.69 bits per heavy atom. The van der Waals surface area contributed by atoms with Gasteiger partial charge in [-0.1, -0.05) is 78.9 Å². The van der Waals surface area contributed by atoms with E-state index in [2.05, 4.69) is 22.8 Å². The third kappa shape index (κ3) is 5.54. The third-order valence-corrected chi connectivity index (χ3v) is 8.62. The number of nitrogens with two attached hydrogens (primary N) is 1. The normalized spacial score (nSPS) is 18.2. The summed E-state index contributed by atoms with van der Waals surface area (Å²) in [4.78, 5) is 26.7. The highest BCUT2D eigenvalue weighted by Crippen LogP contribution is 2.52. The van der Waals surface area contributed by atoms with Crippen LogP contribution in [-0.4, -0.2) is 28.0 Å². The summed E-state index contributed by atoms with van der Waals surface area (Å²) in [7, 11) is 0. The number of fused-ring (bicyclic) bond motifs is 1. The Hall–Kier alpha value is -3.36. The topological polar surface area (TPSA) is 97.4 Å². The summed E-state index contributed by atoms with van der Waals surface area (Å²) >= 11 is 1.42. The number of nitrogens with one attached hydrogen (secondary N) is 1. The van der Waals surface area contributed by atoms with E-state index in [4.69, 9.17) is 5.73 Å². The first-order valence-corrected chi connectivity index (χ1v) is 13.7. The quantitative estimate of drug-likeness (QED) is 0.0911. The Labute approximate surface area is 238 Å². The minimum Gasteiger partial charge on any atom is -0.340 e. The Balaban J connectivity index is 0.00000353. The van der Waals surface area contributed by atoms with Gasteiger partial charge >= 0.3 is 0 Å². The maximum absolute atomic E-state index is 14.5. The molecule has 1 amide bonds. The zero-order valence-electron chi connectivity index (χ0n) is 21.5. The van der Waals surface area contributed by atoms with Gasteiger partial charge in [-0.3, -0.25) is 14.8 Å². The van der Waals surface area contributed by atoms with E-state index in [-0.39, 0.29) is 24.6 Å². The first-order chi connectivity index (χ1) is 18.6. The molecule has 202 valence electrons. The second-order valence-electron chi connectivity index (χ2n) is 9.54. The Morgan fingerprint density at radius 1 is 0.974 bits per heavy atom. The van der Waals surface area contributed by atoms with E-state index in [0.717, 1.165) is 47.1 Å². The van der Waals surface area contributed by atoms with Crippen LogP contribution in [0.3, 0.4) is 0 Å². The van der Waals surface area contributed by atoms with E-state index < -0.39 is 16.6 Å². The van der Waals surface area contributed by atoms with Crippen molar-refractivity contribution in [3.8, 4) is 11.3 Å². The molecule has 6 nitrogen and oxygen atoms in total. The van der Waals surface area contributed by atoms with Gasteiger partial charge in [-0.15, -0.1) is 24.2 Å². The molecule has 8 heteroatoms. The lowest BCUT2D eigenvalue weighted by molar-refractivity contribution is -0.129. The number of carbonyl (C=O) groups excluding carboxylic acids is 2. The molecule has 0 aliphatic carbocycles. The number of amides is 1. The number of Topliss-reactive ketones (excluding diaryl/α,β-unsaturated/α-hetero) is 1. The second-order valence-corrected chi connectivity index (χ2v) is 10.7. The van der Waals surface area contributed by atoms with Crippen molar-refractivity contribution in [2.75, 3.05) is 6.54 Å². The molecule has 5 rings (SSSR count). The summed E-state index contributed by atoms with van der Waals surface area (Å²) in [6.45, 7) is 1.43. The summed E-state index contributed by atoms with van der Waals surface area (Å²) < 4.78 is 1.27. The number of nitrogens with zero attached hydrogens (tertiary/aromatic N) is 1. The molecule has 1 aromatic heterocycles. The van der Waals surface area contributed by atoms with Crippen molar-refractivity contribution in [3.63, 3.8) is 0 Å². The summed E-state index contributed by atoms with van der Waals surface area (Å²) in [6.07, 6.45) is 3.74. The van der Waals surface area contributed by atoms with Crippen molar-refractivity contribution in [3.05, 3.63) is 108 Å². The van der Waals surface area contributed by atoms with Crippen molar-refractivity contribution in [1.82, 2.24) is 10.0 Å². The number of hydrogen-bond acceptors (Lipinski definition) is 5. The van der Waals surface area contributed by atoms with Crippen LogP contribution in [-0.2, 0) is 16.1 Å². The highest BCUT2D eigenvalue weighted by Gasteiger charge is 2.49. The third-order valence-electron chi connectivity index (χ3n) is 7.23. The number of ketones is 1. The molecule has 0 saturated heterocycles. The van der Waals surface area contributed by atoms with E-state index in [1.807, 2.05) is 78.2 Å². The lowest BCUT2D eigenvalue weighted by atomic mass is 9.78. The van der Waals surface area contributed by atoms with Crippen LogP contribution in [0.15, 0.2) is 96.4 Å². The van der Waals surface area contributed by atoms with Gasteiger partial charge in [0, 0.05) is 41.0 Å². The van der Waals surface area contributed by atoms with E-state index in [9.17, 15) is 14.8 Å². The average Bonchev–Trinajstić information content (AvgIpc) is 3.55. The number of allylic oxidation sites excluding steroid dienone is 1. The van der Waals surface area contributed by atoms with Gasteiger partial charge in [-0.05, 0) is 48.1 Å². The van der Waals surface area contributed by atoms with Gasteiger partial charge in [0.1, 0.15) is 4.75 Å². The number of rotatable bonds is 10. The number of unbranched alkanes of at least 4 members (excludes halogenated alkanes) is 1. The van der Waals surface area contributed by atoms with Crippen LogP contribution in [0.2, 0.25) is 0 Å². The lowest BCUT2D eigenvalue weighted by Gasteiger charge is -2.33. The number of hydrogen-bond donors (Lipinski definition) is 3. The summed E-state index contributed by atoms with van der Waals surface area (Å²) in [6, 6.07) is 27.9. The number of aromatic nitrogens is 1. The molecule has 2 atom stereocenters. The van der Waals surface area contributed by atoms with Crippen LogP contribution in [0.1, 0.15) is 35.2 Å². The van der Waals surface area contributed by atoms with Crippen molar-refractivity contribution in [2.24, 2.45) is 11.7 Å².